The number of esters is 2. The van der Waals surface area contributed by atoms with Gasteiger partial charge in [-0.2, -0.15) is 0 Å². The van der Waals surface area contributed by atoms with Gasteiger partial charge in [0, 0.05) is 12.8 Å². The molecule has 0 heterocycles. The summed E-state index contributed by atoms with van der Waals surface area (Å²) >= 11 is 0. The molecule has 0 aromatic carbocycles. The van der Waals surface area contributed by atoms with Crippen molar-refractivity contribution in [3.63, 3.8) is 0 Å². The molecule has 8 nitrogen and oxygen atoms in total. The van der Waals surface area contributed by atoms with Crippen LogP contribution in [0.4, 0.5) is 0 Å². The fourth-order valence-electron chi connectivity index (χ4n) is 7.54. The molecule has 0 radical (unpaired) electrons. The summed E-state index contributed by atoms with van der Waals surface area (Å²) in [6.45, 7) is 3.62. The fraction of sp³-hybridized carbons (Fsp3) is 0.811. The van der Waals surface area contributed by atoms with Crippen LogP contribution in [0.1, 0.15) is 258 Å². The lowest BCUT2D eigenvalue weighted by atomic mass is 10.0. The Bertz CT molecular complexity index is 1140. The first kappa shape index (κ1) is 60.0. The third-order valence-corrected chi connectivity index (χ3v) is 11.8. The lowest BCUT2D eigenvalue weighted by Crippen LogP contribution is -2.29. The maximum Gasteiger partial charge on any atom is 0.469 e. The minimum absolute atomic E-state index is 0.207. The van der Waals surface area contributed by atoms with Gasteiger partial charge in [-0.15, -0.1) is 0 Å². The molecule has 0 saturated heterocycles. The zero-order valence-electron chi connectivity index (χ0n) is 40.3. The molecule has 0 amide bonds. The number of carbonyl (C=O) groups excluding carboxylic acids is 2. The summed E-state index contributed by atoms with van der Waals surface area (Å²) in [5, 5.41) is 0. The molecule has 0 aromatic heterocycles. The average molecular weight is 893 g/mol. The molecule has 0 fully saturated rings. The van der Waals surface area contributed by atoms with Crippen LogP contribution in [0.15, 0.2) is 48.6 Å². The highest BCUT2D eigenvalue weighted by Gasteiger charge is 2.23. The van der Waals surface area contributed by atoms with Crippen LogP contribution in [0.3, 0.4) is 0 Å². The van der Waals surface area contributed by atoms with E-state index in [1.165, 1.54) is 154 Å². The highest BCUT2D eigenvalue weighted by Crippen LogP contribution is 2.36. The van der Waals surface area contributed by atoms with Crippen LogP contribution >= 0.6 is 7.82 Å². The van der Waals surface area contributed by atoms with E-state index in [0.717, 1.165) is 70.6 Å². The van der Waals surface area contributed by atoms with E-state index < -0.39 is 32.5 Å². The van der Waals surface area contributed by atoms with Crippen LogP contribution in [0, 0.1) is 0 Å². The van der Waals surface area contributed by atoms with Gasteiger partial charge in [0.2, 0.25) is 0 Å². The molecule has 2 N–H and O–H groups in total. The molecule has 0 aliphatic heterocycles. The fourth-order valence-corrected chi connectivity index (χ4v) is 7.90. The van der Waals surface area contributed by atoms with E-state index in [4.69, 9.17) is 19.3 Å². The van der Waals surface area contributed by atoms with Crippen molar-refractivity contribution in [3.05, 3.63) is 48.6 Å². The van der Waals surface area contributed by atoms with E-state index in [1.54, 1.807) is 0 Å². The monoisotopic (exact) mass is 893 g/mol. The molecule has 62 heavy (non-hydrogen) atoms. The zero-order valence-corrected chi connectivity index (χ0v) is 41.2. The predicted molar refractivity (Wildman–Crippen MR) is 262 cm³/mol. The third-order valence-electron chi connectivity index (χ3n) is 11.4. The molecule has 1 unspecified atom stereocenters. The van der Waals surface area contributed by atoms with Crippen molar-refractivity contribution in [1.82, 2.24) is 0 Å². The summed E-state index contributed by atoms with van der Waals surface area (Å²) in [6, 6.07) is 0. The number of ether oxygens (including phenoxy) is 2. The van der Waals surface area contributed by atoms with Gasteiger partial charge in [0.05, 0.1) is 6.61 Å². The Morgan fingerprint density at radius 3 is 1.16 bits per heavy atom. The summed E-state index contributed by atoms with van der Waals surface area (Å²) in [5.74, 6) is -0.878. The summed E-state index contributed by atoms with van der Waals surface area (Å²) < 4.78 is 26.6. The first-order valence-electron chi connectivity index (χ1n) is 25.9. The SMILES string of the molecule is CC/C=C\C/C=C\C/C=C\C/C=C\CCCCCCCCCCCCC(=O)OC(COC(=O)CCCCCCCCCCCCCCCCCCCCCCC)COP(=O)(O)O. The van der Waals surface area contributed by atoms with E-state index in [0.29, 0.717) is 6.42 Å². The van der Waals surface area contributed by atoms with Crippen LogP contribution in [0.25, 0.3) is 0 Å². The molecule has 362 valence electrons. The van der Waals surface area contributed by atoms with Gasteiger partial charge in [-0.25, -0.2) is 4.57 Å². The van der Waals surface area contributed by atoms with E-state index in [1.807, 2.05) is 0 Å². The molecule has 0 rings (SSSR count). The minimum Gasteiger partial charge on any atom is -0.462 e. The van der Waals surface area contributed by atoms with Crippen molar-refractivity contribution in [1.29, 1.82) is 0 Å². The Morgan fingerprint density at radius 2 is 0.774 bits per heavy atom. The first-order chi connectivity index (χ1) is 30.3. The summed E-state index contributed by atoms with van der Waals surface area (Å²) in [6.07, 6.45) is 61.3. The van der Waals surface area contributed by atoms with Gasteiger partial charge in [-0.3, -0.25) is 14.1 Å². The Hall–Kier alpha value is -1.99. The molecule has 0 saturated carbocycles. The minimum atomic E-state index is -4.76. The van der Waals surface area contributed by atoms with Gasteiger partial charge in [-0.05, 0) is 51.4 Å². The van der Waals surface area contributed by atoms with Crippen LogP contribution in [0.2, 0.25) is 0 Å². The van der Waals surface area contributed by atoms with Crippen LogP contribution in [-0.4, -0.2) is 41.0 Å². The highest BCUT2D eigenvalue weighted by atomic mass is 31.2. The number of rotatable bonds is 48. The lowest BCUT2D eigenvalue weighted by Gasteiger charge is -2.18. The third kappa shape index (κ3) is 50.7. The van der Waals surface area contributed by atoms with Crippen molar-refractivity contribution < 1.29 is 37.9 Å². The quantitative estimate of drug-likeness (QED) is 0.0268. The molecular weight excluding hydrogens is 796 g/mol. The van der Waals surface area contributed by atoms with Gasteiger partial charge in [-0.1, -0.05) is 242 Å². The summed E-state index contributed by atoms with van der Waals surface area (Å²) in [7, 11) is -4.76. The van der Waals surface area contributed by atoms with Crippen molar-refractivity contribution >= 4 is 19.8 Å². The standard InChI is InChI=1S/C53H97O8P/c1-3-5-7-9-11-13-15-17-19-21-23-25-26-28-30-32-34-36-38-40-42-44-46-48-53(55)61-51(50-60-62(56,57)58)49-59-52(54)47-45-43-41-39-37-35-33-31-29-27-24-22-20-18-16-14-12-10-8-6-4-2/h5,7,11,13,17,19,23,25,51H,3-4,6,8-10,12,14-16,18,20-22,24,26-50H2,1-2H3,(H2,56,57,58)/b7-5-,13-11-,19-17-,25-23-. The smallest absolute Gasteiger partial charge is 0.462 e. The number of phosphoric ester groups is 1. The van der Waals surface area contributed by atoms with Crippen LogP contribution in [0.5, 0.6) is 0 Å². The maximum absolute atomic E-state index is 12.5. The number of unbranched alkanes of at least 4 members (excludes halogenated alkanes) is 30. The lowest BCUT2D eigenvalue weighted by molar-refractivity contribution is -0.161. The Morgan fingerprint density at radius 1 is 0.435 bits per heavy atom. The number of phosphoric acid groups is 1. The summed E-state index contributed by atoms with van der Waals surface area (Å²) in [4.78, 5) is 43.1. The second kappa shape index (κ2) is 48.5. The number of allylic oxidation sites excluding steroid dienone is 8. The van der Waals surface area contributed by atoms with Gasteiger partial charge in [0.1, 0.15) is 6.61 Å². The topological polar surface area (TPSA) is 119 Å². The van der Waals surface area contributed by atoms with Crippen LogP contribution in [-0.2, 0) is 28.2 Å². The number of carbonyl (C=O) groups is 2. The zero-order chi connectivity index (χ0) is 45.3. The molecule has 0 spiro atoms. The largest absolute Gasteiger partial charge is 0.469 e. The van der Waals surface area contributed by atoms with Gasteiger partial charge < -0.3 is 19.3 Å². The molecule has 9 heteroatoms. The Balaban J connectivity index is 3.80. The normalized spacial score (nSPS) is 12.8. The van der Waals surface area contributed by atoms with Crippen molar-refractivity contribution in [2.75, 3.05) is 13.2 Å². The molecular formula is C53H97O8P. The average Bonchev–Trinajstić information content (AvgIpc) is 3.25. The molecule has 0 aliphatic carbocycles. The van der Waals surface area contributed by atoms with E-state index in [2.05, 4.69) is 67.0 Å². The van der Waals surface area contributed by atoms with E-state index in [-0.39, 0.29) is 19.4 Å². The molecule has 0 aliphatic rings. The van der Waals surface area contributed by atoms with Crippen molar-refractivity contribution in [3.8, 4) is 0 Å². The van der Waals surface area contributed by atoms with Gasteiger partial charge in [0.25, 0.3) is 0 Å². The Kier molecular flexibility index (Phi) is 46.9. The van der Waals surface area contributed by atoms with E-state index >= 15 is 0 Å². The number of hydrogen-bond acceptors (Lipinski definition) is 6. The predicted octanol–water partition coefficient (Wildman–Crippen LogP) is 16.6. The molecule has 0 bridgehead atoms. The molecule has 1 atom stereocenters. The number of hydrogen-bond donors (Lipinski definition) is 2. The molecule has 0 aromatic rings. The van der Waals surface area contributed by atoms with Crippen molar-refractivity contribution in [2.24, 2.45) is 0 Å². The Labute approximate surface area is 382 Å². The highest BCUT2D eigenvalue weighted by molar-refractivity contribution is 7.46. The van der Waals surface area contributed by atoms with Crippen molar-refractivity contribution in [2.45, 2.75) is 264 Å². The van der Waals surface area contributed by atoms with E-state index in [9.17, 15) is 14.2 Å². The van der Waals surface area contributed by atoms with Crippen LogP contribution < -0.4 is 0 Å². The first-order valence-corrected chi connectivity index (χ1v) is 27.5. The van der Waals surface area contributed by atoms with Gasteiger partial charge >= 0.3 is 19.8 Å². The second-order valence-electron chi connectivity index (χ2n) is 17.5. The van der Waals surface area contributed by atoms with Gasteiger partial charge in [0.15, 0.2) is 6.10 Å². The summed E-state index contributed by atoms with van der Waals surface area (Å²) in [5.41, 5.74) is 0. The maximum atomic E-state index is 12.5. The second-order valence-corrected chi connectivity index (χ2v) is 18.7.